The lowest BCUT2D eigenvalue weighted by Crippen LogP contribution is -2.45. The average Bonchev–Trinajstić information content (AvgIpc) is 3.50. The van der Waals surface area contributed by atoms with Crippen molar-refractivity contribution in [3.8, 4) is 10.4 Å². The van der Waals surface area contributed by atoms with Gasteiger partial charge in [0.05, 0.1) is 34.5 Å². The second-order valence-corrected chi connectivity index (χ2v) is 11.4. The fourth-order valence-electron chi connectivity index (χ4n) is 4.40. The third-order valence-corrected chi connectivity index (χ3v) is 8.10. The number of urea groups is 1. The number of alkyl halides is 6. The molecule has 1 saturated heterocycles. The number of rotatable bonds is 7. The second kappa shape index (κ2) is 11.5. The van der Waals surface area contributed by atoms with E-state index in [9.17, 15) is 35.9 Å². The normalized spacial score (nSPS) is 17.9. The number of aryl methyl sites for hydroxylation is 1. The highest BCUT2D eigenvalue weighted by Crippen LogP contribution is 2.41. The monoisotopic (exact) mass is 615 g/mol. The second-order valence-electron chi connectivity index (χ2n) is 10.4. The molecular formula is C27H27F6N5O3S. The summed E-state index contributed by atoms with van der Waals surface area (Å²) < 4.78 is 85.4. The molecule has 226 valence electrons. The third-order valence-electron chi connectivity index (χ3n) is 6.97. The van der Waals surface area contributed by atoms with E-state index in [0.29, 0.717) is 16.1 Å². The van der Waals surface area contributed by atoms with Crippen LogP contribution in [-0.4, -0.2) is 51.7 Å². The van der Waals surface area contributed by atoms with Gasteiger partial charge in [0.15, 0.2) is 5.13 Å². The van der Waals surface area contributed by atoms with Crippen LogP contribution in [0.1, 0.15) is 42.8 Å². The highest BCUT2D eigenvalue weighted by atomic mass is 32.1. The van der Waals surface area contributed by atoms with Crippen molar-refractivity contribution in [2.75, 3.05) is 11.9 Å². The van der Waals surface area contributed by atoms with E-state index in [1.807, 2.05) is 0 Å². The number of thiazole rings is 1. The van der Waals surface area contributed by atoms with E-state index in [2.05, 4.69) is 15.3 Å². The van der Waals surface area contributed by atoms with Crippen LogP contribution in [0.5, 0.6) is 0 Å². The van der Waals surface area contributed by atoms with E-state index in [0.717, 1.165) is 42.2 Å². The van der Waals surface area contributed by atoms with Crippen LogP contribution in [0, 0.1) is 6.92 Å². The molecular weight excluding hydrogens is 588 g/mol. The molecule has 3 heterocycles. The summed E-state index contributed by atoms with van der Waals surface area (Å²) in [6.45, 7) is 3.47. The largest absolute Gasteiger partial charge is 0.416 e. The highest BCUT2D eigenvalue weighted by Gasteiger charge is 2.49. The number of anilines is 1. The molecule has 3 amide bonds. The van der Waals surface area contributed by atoms with Gasteiger partial charge in [0.1, 0.15) is 11.5 Å². The van der Waals surface area contributed by atoms with Crippen LogP contribution in [0.4, 0.5) is 36.3 Å². The summed E-state index contributed by atoms with van der Waals surface area (Å²) in [7, 11) is 0. The van der Waals surface area contributed by atoms with Crippen LogP contribution >= 0.6 is 11.3 Å². The van der Waals surface area contributed by atoms with Crippen molar-refractivity contribution in [2.24, 2.45) is 5.73 Å². The Labute approximate surface area is 240 Å². The van der Waals surface area contributed by atoms with Gasteiger partial charge in [0.2, 0.25) is 5.91 Å². The van der Waals surface area contributed by atoms with Gasteiger partial charge in [0.25, 0.3) is 0 Å². The first-order valence-electron chi connectivity index (χ1n) is 12.6. The molecule has 3 aromatic rings. The molecule has 1 aliphatic heterocycles. The molecule has 3 N–H and O–H groups in total. The number of aromatic nitrogens is 2. The number of nitrogens with one attached hydrogen (secondary N) is 1. The van der Waals surface area contributed by atoms with E-state index < -0.39 is 47.4 Å². The molecule has 0 radical (unpaired) electrons. The lowest BCUT2D eigenvalue weighted by molar-refractivity contribution is -0.181. The molecule has 4 rings (SSSR count). The Kier molecular flexibility index (Phi) is 8.56. The molecule has 8 nitrogen and oxygen atoms in total. The summed E-state index contributed by atoms with van der Waals surface area (Å²) in [4.78, 5) is 35.1. The van der Waals surface area contributed by atoms with Crippen molar-refractivity contribution < 1.29 is 40.7 Å². The fourth-order valence-corrected chi connectivity index (χ4v) is 5.36. The van der Waals surface area contributed by atoms with Gasteiger partial charge < -0.3 is 15.4 Å². The molecule has 0 saturated carbocycles. The van der Waals surface area contributed by atoms with Crippen LogP contribution in [0.15, 0.2) is 42.6 Å². The Morgan fingerprint density at radius 1 is 1.14 bits per heavy atom. The Bertz CT molecular complexity index is 1470. The first kappa shape index (κ1) is 31.2. The third kappa shape index (κ3) is 6.67. The number of hydrogen-bond donors (Lipinski definition) is 2. The summed E-state index contributed by atoms with van der Waals surface area (Å²) in [5.41, 5.74) is 3.46. The van der Waals surface area contributed by atoms with Crippen molar-refractivity contribution in [1.29, 1.82) is 0 Å². The van der Waals surface area contributed by atoms with Gasteiger partial charge >= 0.3 is 18.4 Å². The zero-order valence-electron chi connectivity index (χ0n) is 22.6. The Balaban J connectivity index is 1.46. The SMILES string of the molecule is Cc1nc(NC(=O)N2C[C@H](OCc3cccc(C(F)(F)F)c3)C[C@H]2C(N)=O)sc1-c1ccnc(C(C)(C)C(F)(F)F)c1. The van der Waals surface area contributed by atoms with E-state index in [1.165, 1.54) is 30.5 Å². The first-order chi connectivity index (χ1) is 19.5. The zero-order valence-corrected chi connectivity index (χ0v) is 23.5. The molecule has 0 aliphatic carbocycles. The summed E-state index contributed by atoms with van der Waals surface area (Å²) in [6, 6.07) is 5.75. The number of carbonyl (C=O) groups is 2. The summed E-state index contributed by atoms with van der Waals surface area (Å²) in [6.07, 6.45) is -8.40. The molecule has 0 spiro atoms. The van der Waals surface area contributed by atoms with Crippen molar-refractivity contribution >= 4 is 28.4 Å². The van der Waals surface area contributed by atoms with Gasteiger partial charge in [-0.15, -0.1) is 0 Å². The van der Waals surface area contributed by atoms with Gasteiger partial charge in [0, 0.05) is 19.2 Å². The number of amides is 3. The van der Waals surface area contributed by atoms with E-state index in [-0.39, 0.29) is 36.0 Å². The van der Waals surface area contributed by atoms with E-state index in [4.69, 9.17) is 10.5 Å². The molecule has 1 aliphatic rings. The Morgan fingerprint density at radius 2 is 1.86 bits per heavy atom. The maximum absolute atomic E-state index is 13.6. The average molecular weight is 616 g/mol. The van der Waals surface area contributed by atoms with Crippen molar-refractivity contribution in [3.05, 3.63) is 65.1 Å². The minimum atomic E-state index is -4.53. The number of likely N-dealkylation sites (tertiary alicyclic amines) is 1. The number of carbonyl (C=O) groups excluding carboxylic acids is 2. The van der Waals surface area contributed by atoms with Gasteiger partial charge in [-0.2, -0.15) is 26.3 Å². The van der Waals surface area contributed by atoms with Crippen LogP contribution < -0.4 is 11.1 Å². The van der Waals surface area contributed by atoms with Gasteiger partial charge in [-0.3, -0.25) is 15.1 Å². The van der Waals surface area contributed by atoms with Crippen LogP contribution in [0.25, 0.3) is 10.4 Å². The van der Waals surface area contributed by atoms with Crippen LogP contribution in [0.2, 0.25) is 0 Å². The molecule has 0 bridgehead atoms. The number of nitrogens with zero attached hydrogens (tertiary/aromatic N) is 3. The van der Waals surface area contributed by atoms with Gasteiger partial charge in [-0.05, 0) is 56.2 Å². The molecule has 2 atom stereocenters. The quantitative estimate of drug-likeness (QED) is 0.315. The van der Waals surface area contributed by atoms with Gasteiger partial charge in [-0.1, -0.05) is 23.5 Å². The Morgan fingerprint density at radius 3 is 2.50 bits per heavy atom. The topological polar surface area (TPSA) is 110 Å². The van der Waals surface area contributed by atoms with Gasteiger partial charge in [-0.25, -0.2) is 9.78 Å². The number of benzene rings is 1. The molecule has 2 aromatic heterocycles. The van der Waals surface area contributed by atoms with Crippen LogP contribution in [-0.2, 0) is 27.7 Å². The van der Waals surface area contributed by atoms with E-state index >= 15 is 0 Å². The fraction of sp³-hybridized carbons (Fsp3) is 0.407. The van der Waals surface area contributed by atoms with E-state index in [1.54, 1.807) is 6.92 Å². The number of hydrogen-bond acceptors (Lipinski definition) is 6. The first-order valence-corrected chi connectivity index (χ1v) is 13.4. The number of ether oxygens (including phenoxy) is 1. The minimum absolute atomic E-state index is 0.0403. The predicted octanol–water partition coefficient (Wildman–Crippen LogP) is 6.05. The molecule has 0 unspecified atom stereocenters. The standard InChI is InChI=1S/C27H27F6N5O3S/c1-14-21(16-7-8-35-20(10-16)25(2,3)27(31,32)33)42-23(36-14)37-24(40)38-12-18(11-19(38)22(34)39)41-13-15-5-4-6-17(9-15)26(28,29)30/h4-10,18-19H,11-13H2,1-3H3,(H2,34,39)(H,36,37,40)/t18-,19+/m1/s1. The lowest BCUT2D eigenvalue weighted by atomic mass is 9.87. The summed E-state index contributed by atoms with van der Waals surface area (Å²) in [5.74, 6) is -0.789. The zero-order chi connectivity index (χ0) is 31.0. The smallest absolute Gasteiger partial charge is 0.372 e. The molecule has 42 heavy (non-hydrogen) atoms. The summed E-state index contributed by atoms with van der Waals surface area (Å²) in [5, 5.41) is 2.73. The number of pyridine rings is 1. The lowest BCUT2D eigenvalue weighted by Gasteiger charge is -2.27. The predicted molar refractivity (Wildman–Crippen MR) is 143 cm³/mol. The maximum Gasteiger partial charge on any atom is 0.416 e. The van der Waals surface area contributed by atoms with Crippen molar-refractivity contribution in [2.45, 2.75) is 63.7 Å². The molecule has 15 heteroatoms. The Hall–Kier alpha value is -3.72. The minimum Gasteiger partial charge on any atom is -0.372 e. The van der Waals surface area contributed by atoms with Crippen molar-refractivity contribution in [3.63, 3.8) is 0 Å². The molecule has 1 fully saturated rings. The number of primary amides is 1. The number of nitrogens with two attached hydrogens (primary N) is 1. The van der Waals surface area contributed by atoms with Crippen LogP contribution in [0.3, 0.4) is 0 Å². The van der Waals surface area contributed by atoms with Crippen molar-refractivity contribution in [1.82, 2.24) is 14.9 Å². The highest BCUT2D eigenvalue weighted by molar-refractivity contribution is 7.19. The molecule has 1 aromatic carbocycles. The summed E-state index contributed by atoms with van der Waals surface area (Å²) >= 11 is 1.03. The maximum atomic E-state index is 13.6. The number of halogens is 6.